The van der Waals surface area contributed by atoms with E-state index in [9.17, 15) is 14.7 Å². The van der Waals surface area contributed by atoms with Crippen LogP contribution in [0.2, 0.25) is 0 Å². The Kier molecular flexibility index (Phi) is 11.3. The number of hydrogen-bond donors (Lipinski definition) is 1. The minimum absolute atomic E-state index is 0. The summed E-state index contributed by atoms with van der Waals surface area (Å²) < 4.78 is 0. The first-order valence-corrected chi connectivity index (χ1v) is 15.0. The molecular formula is C37H38N3NiO3-. The summed E-state index contributed by atoms with van der Waals surface area (Å²) in [5.74, 6) is -1.57. The summed E-state index contributed by atoms with van der Waals surface area (Å²) in [6.07, 6.45) is 2.27. The molecule has 1 fully saturated rings. The van der Waals surface area contributed by atoms with Gasteiger partial charge in [0.2, 0.25) is 0 Å². The summed E-state index contributed by atoms with van der Waals surface area (Å²) in [4.78, 5) is 34.0. The second kappa shape index (κ2) is 15.1. The molecule has 0 aromatic heterocycles. The Morgan fingerprint density at radius 1 is 0.909 bits per heavy atom. The van der Waals surface area contributed by atoms with E-state index in [1.54, 1.807) is 6.92 Å². The van der Waals surface area contributed by atoms with E-state index in [0.29, 0.717) is 29.9 Å². The fourth-order valence-electron chi connectivity index (χ4n) is 6.10. The zero-order valence-corrected chi connectivity index (χ0v) is 26.1. The summed E-state index contributed by atoms with van der Waals surface area (Å²) in [5.41, 5.74) is 2.99. The van der Waals surface area contributed by atoms with Crippen molar-refractivity contribution in [2.45, 2.75) is 57.2 Å². The van der Waals surface area contributed by atoms with Crippen LogP contribution >= 0.6 is 0 Å². The number of amides is 1. The van der Waals surface area contributed by atoms with E-state index in [0.717, 1.165) is 36.1 Å². The minimum Gasteiger partial charge on any atom is -0.625 e. The molecule has 1 aliphatic heterocycles. The van der Waals surface area contributed by atoms with Crippen LogP contribution < -0.4 is 0 Å². The smallest absolute Gasteiger partial charge is 0.331 e. The molecule has 4 aromatic rings. The maximum atomic E-state index is 13.7. The number of aliphatic carboxylic acids is 1. The maximum absolute atomic E-state index is 13.7. The molecular weight excluding hydrogens is 593 g/mol. The van der Waals surface area contributed by atoms with Crippen molar-refractivity contribution in [1.82, 2.24) is 4.90 Å². The molecule has 44 heavy (non-hydrogen) atoms. The van der Waals surface area contributed by atoms with Crippen LogP contribution in [-0.2, 0) is 32.6 Å². The van der Waals surface area contributed by atoms with E-state index in [-0.39, 0.29) is 34.4 Å². The van der Waals surface area contributed by atoms with Gasteiger partial charge in [-0.15, -0.1) is 5.69 Å². The molecule has 4 aromatic carbocycles. The van der Waals surface area contributed by atoms with Crippen LogP contribution in [0.1, 0.15) is 61.3 Å². The summed E-state index contributed by atoms with van der Waals surface area (Å²) >= 11 is 0. The van der Waals surface area contributed by atoms with Gasteiger partial charge in [0.1, 0.15) is 0 Å². The van der Waals surface area contributed by atoms with Gasteiger partial charge in [-0.2, -0.15) is 0 Å². The van der Waals surface area contributed by atoms with Gasteiger partial charge in [0.05, 0.1) is 17.7 Å². The molecule has 0 saturated carbocycles. The van der Waals surface area contributed by atoms with Gasteiger partial charge in [-0.05, 0) is 49.4 Å². The van der Waals surface area contributed by atoms with E-state index in [1.807, 2.05) is 110 Å². The standard InChI is InChI=1S/C37H39N3O3.Ni/c1-3-31(28-18-9-5-10-19-28)37(2,36(42)43)39-34(29-20-11-6-12-21-29)30-22-13-14-23-32(30)38-35(41)33-24-15-25-40(33)26-27-16-7-4-8-17-27;/h4-14,16-23,31,33H,3,15,24-26H2,1-2H3,(H2,38,39,41,42,43);/p-1. The van der Waals surface area contributed by atoms with Crippen LogP contribution in [0, 0.1) is 0 Å². The maximum Gasteiger partial charge on any atom is 0.331 e. The topological polar surface area (TPSA) is 84.1 Å². The molecule has 0 radical (unpaired) electrons. The molecule has 3 unspecified atom stereocenters. The SMILES string of the molecule is CCC(c1ccccc1)C(C)(N=C(c1ccccc1)c1ccccc1[N-]C(=O)C1CCCN1Cc1ccccc1)C(=O)O.[Ni]. The van der Waals surface area contributed by atoms with Gasteiger partial charge in [0.25, 0.3) is 0 Å². The number of rotatable bonds is 11. The number of benzene rings is 4. The van der Waals surface area contributed by atoms with Crippen LogP contribution in [0.25, 0.3) is 5.32 Å². The van der Waals surface area contributed by atoms with Crippen molar-refractivity contribution in [3.8, 4) is 0 Å². The van der Waals surface area contributed by atoms with Crippen molar-refractivity contribution in [2.75, 3.05) is 6.54 Å². The van der Waals surface area contributed by atoms with Crippen LogP contribution in [0.5, 0.6) is 0 Å². The Balaban J connectivity index is 0.00000442. The third-order valence-electron chi connectivity index (χ3n) is 8.38. The molecule has 1 amide bonds. The summed E-state index contributed by atoms with van der Waals surface area (Å²) in [6, 6.07) is 36.5. The average molecular weight is 631 g/mol. The number of carboxylic acid groups (broad SMARTS) is 1. The first-order valence-electron chi connectivity index (χ1n) is 15.0. The van der Waals surface area contributed by atoms with Crippen LogP contribution in [0.15, 0.2) is 120 Å². The van der Waals surface area contributed by atoms with Crippen molar-refractivity contribution in [3.63, 3.8) is 0 Å². The Bertz CT molecular complexity index is 1560. The Hall–Kier alpha value is -4.06. The minimum atomic E-state index is -1.48. The number of carboxylic acids is 1. The molecule has 230 valence electrons. The van der Waals surface area contributed by atoms with Crippen molar-refractivity contribution in [2.24, 2.45) is 4.99 Å². The molecule has 1 heterocycles. The van der Waals surface area contributed by atoms with Gasteiger partial charge < -0.3 is 15.2 Å². The fourth-order valence-corrected chi connectivity index (χ4v) is 6.10. The monoisotopic (exact) mass is 630 g/mol. The second-order valence-electron chi connectivity index (χ2n) is 11.2. The third kappa shape index (κ3) is 7.35. The van der Waals surface area contributed by atoms with Crippen molar-refractivity contribution < 1.29 is 31.2 Å². The van der Waals surface area contributed by atoms with Crippen molar-refractivity contribution >= 4 is 23.3 Å². The van der Waals surface area contributed by atoms with Crippen LogP contribution in [0.3, 0.4) is 0 Å². The summed E-state index contributed by atoms with van der Waals surface area (Å²) in [6.45, 7) is 5.21. The number of aliphatic imine (C=N–C) groups is 1. The van der Waals surface area contributed by atoms with Gasteiger partial charge in [0, 0.05) is 34.5 Å². The number of hydrogen-bond acceptors (Lipinski definition) is 4. The van der Waals surface area contributed by atoms with Gasteiger partial charge >= 0.3 is 5.97 Å². The predicted molar refractivity (Wildman–Crippen MR) is 172 cm³/mol. The fraction of sp³-hybridized carbons (Fsp3) is 0.270. The molecule has 6 nitrogen and oxygen atoms in total. The normalized spacial score (nSPS) is 17.2. The molecule has 7 heteroatoms. The summed E-state index contributed by atoms with van der Waals surface area (Å²) in [5, 5.41) is 15.3. The van der Waals surface area contributed by atoms with Crippen LogP contribution in [0.4, 0.5) is 5.69 Å². The van der Waals surface area contributed by atoms with E-state index in [1.165, 1.54) is 0 Å². The Labute approximate surface area is 270 Å². The molecule has 1 N–H and O–H groups in total. The van der Waals surface area contributed by atoms with Gasteiger partial charge in [0.15, 0.2) is 5.54 Å². The first kappa shape index (κ1) is 32.8. The molecule has 1 saturated heterocycles. The molecule has 0 aliphatic carbocycles. The van der Waals surface area contributed by atoms with E-state index in [2.05, 4.69) is 22.3 Å². The van der Waals surface area contributed by atoms with Crippen molar-refractivity contribution in [1.29, 1.82) is 0 Å². The zero-order chi connectivity index (χ0) is 30.2. The third-order valence-corrected chi connectivity index (χ3v) is 8.38. The number of nitrogens with zero attached hydrogens (tertiary/aromatic N) is 3. The van der Waals surface area contributed by atoms with E-state index < -0.39 is 11.5 Å². The quantitative estimate of drug-likeness (QED) is 0.136. The predicted octanol–water partition coefficient (Wildman–Crippen LogP) is 7.76. The second-order valence-corrected chi connectivity index (χ2v) is 11.2. The molecule has 5 rings (SSSR count). The molecule has 0 bridgehead atoms. The largest absolute Gasteiger partial charge is 0.625 e. The zero-order valence-electron chi connectivity index (χ0n) is 25.1. The van der Waals surface area contributed by atoms with Gasteiger partial charge in [-0.1, -0.05) is 122 Å². The Morgan fingerprint density at radius 2 is 1.50 bits per heavy atom. The average Bonchev–Trinajstić information content (AvgIpc) is 3.50. The Morgan fingerprint density at radius 3 is 2.14 bits per heavy atom. The number of carbonyl (C=O) groups excluding carboxylic acids is 1. The summed E-state index contributed by atoms with van der Waals surface area (Å²) in [7, 11) is 0. The van der Waals surface area contributed by atoms with Crippen LogP contribution in [-0.4, -0.2) is 45.7 Å². The molecule has 3 atom stereocenters. The number of para-hydroxylation sites is 1. The van der Waals surface area contributed by atoms with Gasteiger partial charge in [-0.25, -0.2) is 4.79 Å². The van der Waals surface area contributed by atoms with E-state index >= 15 is 0 Å². The molecule has 0 spiro atoms. The number of likely N-dealkylation sites (tertiary alicyclic amines) is 1. The van der Waals surface area contributed by atoms with E-state index in [4.69, 9.17) is 4.99 Å². The van der Waals surface area contributed by atoms with Gasteiger partial charge in [-0.3, -0.25) is 9.89 Å². The van der Waals surface area contributed by atoms with Crippen molar-refractivity contribution in [3.05, 3.63) is 143 Å². The molecule has 1 aliphatic rings. The number of carbonyl (C=O) groups is 2. The first-order chi connectivity index (χ1) is 20.9.